The second-order valence-electron chi connectivity index (χ2n) is 9.29. The predicted octanol–water partition coefficient (Wildman–Crippen LogP) is 3.60. The zero-order valence-corrected chi connectivity index (χ0v) is 21.3. The summed E-state index contributed by atoms with van der Waals surface area (Å²) in [5.41, 5.74) is 0.862. The average Bonchev–Trinajstić information content (AvgIpc) is 3.36. The molecule has 2 bridgehead atoms. The standard InChI is InChI=1S/C23H26Br2N2O5/c1-10(2)9-32-23(31)12-4-6-13(7-5-12)26-20(28)11(3)27-21(29)16-14-8-15(17(16)22(27)30)19(25)18(14)24/h4-7,10-11,14-19H,8-9H2,1-3H3,(H,26,28)/t11-,14+,15+,16+,17+,18-,19-/m0/s1. The lowest BCUT2D eigenvalue weighted by molar-refractivity contribution is -0.146. The topological polar surface area (TPSA) is 92.8 Å². The molecule has 3 aliphatic rings. The number of hydrogen-bond donors (Lipinski definition) is 1. The number of rotatable bonds is 6. The minimum atomic E-state index is -0.918. The van der Waals surface area contributed by atoms with E-state index in [1.807, 2.05) is 13.8 Å². The van der Waals surface area contributed by atoms with Gasteiger partial charge in [0.2, 0.25) is 17.7 Å². The third-order valence-corrected chi connectivity index (χ3v) is 9.93. The lowest BCUT2D eigenvalue weighted by Crippen LogP contribution is -2.46. The largest absolute Gasteiger partial charge is 0.462 e. The van der Waals surface area contributed by atoms with E-state index in [2.05, 4.69) is 37.2 Å². The number of carbonyl (C=O) groups excluding carboxylic acids is 4. The van der Waals surface area contributed by atoms with Gasteiger partial charge in [-0.05, 0) is 55.4 Å². The third-order valence-electron chi connectivity index (χ3n) is 6.72. The van der Waals surface area contributed by atoms with Crippen LogP contribution in [0.4, 0.5) is 5.69 Å². The number of esters is 1. The highest BCUT2D eigenvalue weighted by atomic mass is 79.9. The first-order valence-electron chi connectivity index (χ1n) is 10.8. The van der Waals surface area contributed by atoms with E-state index in [1.165, 1.54) is 0 Å². The van der Waals surface area contributed by atoms with E-state index in [9.17, 15) is 19.2 Å². The maximum Gasteiger partial charge on any atom is 0.338 e. The van der Waals surface area contributed by atoms with Crippen LogP contribution in [-0.4, -0.2) is 50.9 Å². The molecule has 1 aliphatic heterocycles. The minimum absolute atomic E-state index is 0.106. The van der Waals surface area contributed by atoms with Crippen LogP contribution in [0, 0.1) is 29.6 Å². The summed E-state index contributed by atoms with van der Waals surface area (Å²) in [4.78, 5) is 52.5. The summed E-state index contributed by atoms with van der Waals surface area (Å²) in [6.45, 7) is 5.82. The van der Waals surface area contributed by atoms with Gasteiger partial charge in [0.25, 0.3) is 0 Å². The lowest BCUT2D eigenvalue weighted by atomic mass is 9.81. The molecule has 1 saturated heterocycles. The van der Waals surface area contributed by atoms with Crippen LogP contribution in [0.25, 0.3) is 0 Å². The summed E-state index contributed by atoms with van der Waals surface area (Å²) < 4.78 is 5.20. The fourth-order valence-corrected chi connectivity index (χ4v) is 7.01. The molecule has 0 spiro atoms. The van der Waals surface area contributed by atoms with Crippen molar-refractivity contribution in [1.29, 1.82) is 0 Å². The maximum absolute atomic E-state index is 13.1. The fraction of sp³-hybridized carbons (Fsp3) is 0.565. The summed E-state index contributed by atoms with van der Waals surface area (Å²) in [5, 5.41) is 2.74. The molecular weight excluding hydrogens is 544 g/mol. The van der Waals surface area contributed by atoms with Crippen molar-refractivity contribution in [1.82, 2.24) is 4.90 Å². The molecule has 1 heterocycles. The highest BCUT2D eigenvalue weighted by molar-refractivity contribution is 9.12. The van der Waals surface area contributed by atoms with E-state index in [0.717, 1.165) is 11.3 Å². The van der Waals surface area contributed by atoms with Gasteiger partial charge in [-0.1, -0.05) is 45.7 Å². The molecule has 172 valence electrons. The second-order valence-corrected chi connectivity index (χ2v) is 11.4. The second kappa shape index (κ2) is 8.89. The molecule has 0 radical (unpaired) electrons. The number of nitrogens with zero attached hydrogens (tertiary/aromatic N) is 1. The Balaban J connectivity index is 1.41. The zero-order valence-electron chi connectivity index (χ0n) is 18.1. The maximum atomic E-state index is 13.1. The smallest absolute Gasteiger partial charge is 0.338 e. The van der Waals surface area contributed by atoms with Crippen LogP contribution in [-0.2, 0) is 19.1 Å². The summed E-state index contributed by atoms with van der Waals surface area (Å²) in [5.74, 6) is -1.61. The lowest BCUT2D eigenvalue weighted by Gasteiger charge is -2.28. The van der Waals surface area contributed by atoms with E-state index < -0.39 is 17.9 Å². The molecular formula is C23H26Br2N2O5. The van der Waals surface area contributed by atoms with Gasteiger partial charge in [-0.3, -0.25) is 19.3 Å². The number of imide groups is 1. The monoisotopic (exact) mass is 568 g/mol. The molecule has 1 N–H and O–H groups in total. The summed E-state index contributed by atoms with van der Waals surface area (Å²) in [7, 11) is 0. The predicted molar refractivity (Wildman–Crippen MR) is 126 cm³/mol. The number of ether oxygens (including phenoxy) is 1. The van der Waals surface area contributed by atoms with Gasteiger partial charge >= 0.3 is 5.97 Å². The summed E-state index contributed by atoms with van der Waals surface area (Å²) in [6, 6.07) is 5.43. The number of alkyl halides is 2. The van der Waals surface area contributed by atoms with E-state index in [1.54, 1.807) is 31.2 Å². The Kier molecular flexibility index (Phi) is 6.51. The van der Waals surface area contributed by atoms with Crippen LogP contribution >= 0.6 is 31.9 Å². The number of likely N-dealkylation sites (tertiary alicyclic amines) is 1. The van der Waals surface area contributed by atoms with Crippen molar-refractivity contribution in [3.63, 3.8) is 0 Å². The van der Waals surface area contributed by atoms with E-state index in [0.29, 0.717) is 17.9 Å². The van der Waals surface area contributed by atoms with Gasteiger partial charge < -0.3 is 10.1 Å². The van der Waals surface area contributed by atoms with Crippen LogP contribution in [0.2, 0.25) is 0 Å². The SMILES string of the molecule is CC(C)COC(=O)c1ccc(NC(=O)[C@H](C)N2C(=O)[C@@H]3[C@H]4C[C@@H]([C@H](Br)[C@H]4Br)[C@H]3C2=O)cc1. The van der Waals surface area contributed by atoms with Crippen molar-refractivity contribution in [3.05, 3.63) is 29.8 Å². The van der Waals surface area contributed by atoms with Crippen LogP contribution in [0.3, 0.4) is 0 Å². The van der Waals surface area contributed by atoms with Gasteiger partial charge in [-0.25, -0.2) is 4.79 Å². The Bertz CT molecular complexity index is 918. The van der Waals surface area contributed by atoms with Crippen LogP contribution in [0.1, 0.15) is 37.6 Å². The Morgan fingerprint density at radius 3 is 2.06 bits per heavy atom. The Morgan fingerprint density at radius 2 is 1.56 bits per heavy atom. The molecule has 32 heavy (non-hydrogen) atoms. The normalized spacial score (nSPS) is 31.8. The first kappa shape index (κ1) is 23.4. The number of carbonyl (C=O) groups is 4. The van der Waals surface area contributed by atoms with Gasteiger partial charge in [0.1, 0.15) is 6.04 Å². The molecule has 7 atom stereocenters. The zero-order chi connectivity index (χ0) is 23.3. The number of amides is 3. The molecule has 3 fully saturated rings. The molecule has 2 aliphatic carbocycles. The Morgan fingerprint density at radius 1 is 1.03 bits per heavy atom. The Labute approximate surface area is 203 Å². The quantitative estimate of drug-likeness (QED) is 0.321. The van der Waals surface area contributed by atoms with E-state index in [-0.39, 0.29) is 51.1 Å². The summed E-state index contributed by atoms with van der Waals surface area (Å²) >= 11 is 7.33. The molecule has 1 aromatic carbocycles. The van der Waals surface area contributed by atoms with Crippen molar-refractivity contribution in [2.75, 3.05) is 11.9 Å². The number of nitrogens with one attached hydrogen (secondary N) is 1. The number of anilines is 1. The van der Waals surface area contributed by atoms with Gasteiger partial charge in [0.15, 0.2) is 0 Å². The van der Waals surface area contributed by atoms with E-state index in [4.69, 9.17) is 4.74 Å². The molecule has 9 heteroatoms. The van der Waals surface area contributed by atoms with E-state index >= 15 is 0 Å². The number of fused-ring (bicyclic) bond motifs is 5. The summed E-state index contributed by atoms with van der Waals surface area (Å²) in [6.07, 6.45) is 0.846. The molecule has 4 rings (SSSR count). The van der Waals surface area contributed by atoms with Crippen molar-refractivity contribution in [3.8, 4) is 0 Å². The highest BCUT2D eigenvalue weighted by Crippen LogP contribution is 2.60. The van der Waals surface area contributed by atoms with Gasteiger partial charge in [-0.15, -0.1) is 0 Å². The average molecular weight is 570 g/mol. The third kappa shape index (κ3) is 3.91. The number of hydrogen-bond acceptors (Lipinski definition) is 5. The molecule has 1 aromatic rings. The Hall–Kier alpha value is -1.74. The van der Waals surface area contributed by atoms with Crippen molar-refractivity contribution in [2.45, 2.75) is 42.9 Å². The molecule has 3 amide bonds. The minimum Gasteiger partial charge on any atom is -0.462 e. The van der Waals surface area contributed by atoms with Crippen molar-refractivity contribution >= 4 is 61.2 Å². The van der Waals surface area contributed by atoms with Crippen molar-refractivity contribution in [2.24, 2.45) is 29.6 Å². The van der Waals surface area contributed by atoms with Crippen molar-refractivity contribution < 1.29 is 23.9 Å². The fourth-order valence-electron chi connectivity index (χ4n) is 5.13. The number of benzene rings is 1. The molecule has 0 aromatic heterocycles. The molecule has 2 saturated carbocycles. The highest BCUT2D eigenvalue weighted by Gasteiger charge is 2.67. The van der Waals surface area contributed by atoms with Crippen LogP contribution < -0.4 is 5.32 Å². The van der Waals surface area contributed by atoms with Crippen LogP contribution in [0.15, 0.2) is 24.3 Å². The number of halogens is 2. The first-order valence-corrected chi connectivity index (χ1v) is 12.7. The first-order chi connectivity index (χ1) is 15.1. The molecule has 0 unspecified atom stereocenters. The van der Waals surface area contributed by atoms with Gasteiger partial charge in [0.05, 0.1) is 24.0 Å². The van der Waals surface area contributed by atoms with Gasteiger partial charge in [0, 0.05) is 15.3 Å². The van der Waals surface area contributed by atoms with Gasteiger partial charge in [-0.2, -0.15) is 0 Å². The molecule has 7 nitrogen and oxygen atoms in total. The van der Waals surface area contributed by atoms with Crippen LogP contribution in [0.5, 0.6) is 0 Å².